The molecule has 0 fully saturated rings. The lowest BCUT2D eigenvalue weighted by atomic mass is 10.0. The largest absolute Gasteiger partial charge is 0.446 e. The van der Waals surface area contributed by atoms with E-state index in [1.807, 2.05) is 0 Å². The third-order valence-electron chi connectivity index (χ3n) is 3.77. The lowest BCUT2D eigenvalue weighted by Gasteiger charge is -2.21. The molecule has 1 unspecified atom stereocenters. The molecular weight excluding hydrogens is 238 g/mol. The molecular formula is C16H33NO2. The van der Waals surface area contributed by atoms with Gasteiger partial charge >= 0.3 is 5.97 Å². The van der Waals surface area contributed by atoms with Gasteiger partial charge in [0.15, 0.2) is 6.23 Å². The van der Waals surface area contributed by atoms with Gasteiger partial charge in [0.1, 0.15) is 0 Å². The molecule has 0 aromatic rings. The van der Waals surface area contributed by atoms with Crippen LogP contribution in [0.2, 0.25) is 0 Å². The van der Waals surface area contributed by atoms with Crippen molar-refractivity contribution >= 4 is 5.97 Å². The van der Waals surface area contributed by atoms with Gasteiger partial charge < -0.3 is 4.74 Å². The first kappa shape index (κ1) is 18.4. The summed E-state index contributed by atoms with van der Waals surface area (Å²) in [6.07, 6.45) is 10.5. The Bertz CT molecular complexity index is 215. The van der Waals surface area contributed by atoms with Crippen LogP contribution in [-0.4, -0.2) is 12.2 Å². The van der Waals surface area contributed by atoms with Gasteiger partial charge in [-0.25, -0.2) is 0 Å². The van der Waals surface area contributed by atoms with E-state index in [1.54, 1.807) is 0 Å². The molecule has 0 spiro atoms. The van der Waals surface area contributed by atoms with Gasteiger partial charge in [0, 0.05) is 12.3 Å². The predicted octanol–water partition coefficient (Wildman–Crippen LogP) is 4.39. The van der Waals surface area contributed by atoms with E-state index in [2.05, 4.69) is 20.8 Å². The highest BCUT2D eigenvalue weighted by Crippen LogP contribution is 2.14. The molecule has 19 heavy (non-hydrogen) atoms. The van der Waals surface area contributed by atoms with Gasteiger partial charge in [-0.3, -0.25) is 10.5 Å². The molecule has 0 heterocycles. The molecule has 0 radical (unpaired) electrons. The smallest absolute Gasteiger partial charge is 0.307 e. The van der Waals surface area contributed by atoms with E-state index in [0.29, 0.717) is 6.42 Å². The van der Waals surface area contributed by atoms with E-state index >= 15 is 0 Å². The monoisotopic (exact) mass is 271 g/mol. The van der Waals surface area contributed by atoms with Gasteiger partial charge in [-0.15, -0.1) is 0 Å². The maximum absolute atomic E-state index is 11.6. The van der Waals surface area contributed by atoms with Gasteiger partial charge in [0.25, 0.3) is 0 Å². The number of unbranched alkanes of at least 4 members (excludes halogenated alkanes) is 6. The van der Waals surface area contributed by atoms with E-state index in [0.717, 1.165) is 25.7 Å². The van der Waals surface area contributed by atoms with Gasteiger partial charge in [-0.1, -0.05) is 59.3 Å². The molecule has 0 rings (SSSR count). The third kappa shape index (κ3) is 9.94. The summed E-state index contributed by atoms with van der Waals surface area (Å²) < 4.78 is 5.28. The van der Waals surface area contributed by atoms with E-state index in [1.165, 1.54) is 32.1 Å². The molecule has 0 aliphatic carbocycles. The Labute approximate surface area is 119 Å². The molecule has 1 atom stereocenters. The summed E-state index contributed by atoms with van der Waals surface area (Å²) >= 11 is 0. The second kappa shape index (κ2) is 12.5. The first-order valence-corrected chi connectivity index (χ1v) is 8.10. The van der Waals surface area contributed by atoms with Crippen LogP contribution in [0, 0.1) is 5.92 Å². The van der Waals surface area contributed by atoms with Crippen LogP contribution in [-0.2, 0) is 9.53 Å². The minimum atomic E-state index is -0.424. The lowest BCUT2D eigenvalue weighted by molar-refractivity contribution is -0.151. The van der Waals surface area contributed by atoms with Crippen molar-refractivity contribution in [1.82, 2.24) is 0 Å². The summed E-state index contributed by atoms with van der Waals surface area (Å²) in [5, 5.41) is 0. The fourth-order valence-corrected chi connectivity index (χ4v) is 2.29. The number of esters is 1. The Hall–Kier alpha value is -0.570. The summed E-state index contributed by atoms with van der Waals surface area (Å²) in [4.78, 5) is 11.6. The Morgan fingerprint density at radius 2 is 1.47 bits per heavy atom. The van der Waals surface area contributed by atoms with Crippen LogP contribution in [0.25, 0.3) is 0 Å². The minimum absolute atomic E-state index is 0.132. The van der Waals surface area contributed by atoms with E-state index < -0.39 is 6.23 Å². The lowest BCUT2D eigenvalue weighted by Crippen LogP contribution is -2.34. The van der Waals surface area contributed by atoms with Gasteiger partial charge in [-0.05, 0) is 19.3 Å². The zero-order valence-electron chi connectivity index (χ0n) is 13.1. The topological polar surface area (TPSA) is 52.3 Å². The van der Waals surface area contributed by atoms with Crippen LogP contribution >= 0.6 is 0 Å². The van der Waals surface area contributed by atoms with Crippen molar-refractivity contribution in [3.8, 4) is 0 Å². The molecule has 0 aliphatic heterocycles. The number of carbonyl (C=O) groups excluding carboxylic acids is 1. The van der Waals surface area contributed by atoms with Gasteiger partial charge in [-0.2, -0.15) is 0 Å². The average Bonchev–Trinajstić information content (AvgIpc) is 2.39. The predicted molar refractivity (Wildman–Crippen MR) is 80.7 cm³/mol. The second-order valence-corrected chi connectivity index (χ2v) is 5.40. The highest BCUT2D eigenvalue weighted by molar-refractivity contribution is 5.69. The number of carbonyl (C=O) groups is 1. The summed E-state index contributed by atoms with van der Waals surface area (Å²) in [7, 11) is 0. The molecule has 0 amide bonds. The van der Waals surface area contributed by atoms with Crippen molar-refractivity contribution in [2.24, 2.45) is 11.7 Å². The molecule has 0 saturated carbocycles. The normalized spacial score (nSPS) is 12.7. The number of hydrogen-bond acceptors (Lipinski definition) is 3. The summed E-state index contributed by atoms with van der Waals surface area (Å²) in [5.74, 6) is 0.158. The SMILES string of the molecule is CCCCCCCCCC(=O)OC(N)C(CC)CC. The van der Waals surface area contributed by atoms with Crippen molar-refractivity contribution in [2.75, 3.05) is 0 Å². The Balaban J connectivity index is 3.53. The highest BCUT2D eigenvalue weighted by Gasteiger charge is 2.17. The van der Waals surface area contributed by atoms with Crippen LogP contribution in [0.1, 0.15) is 85.0 Å². The van der Waals surface area contributed by atoms with Crippen LogP contribution in [0.15, 0.2) is 0 Å². The number of hydrogen-bond donors (Lipinski definition) is 1. The number of rotatable bonds is 12. The quantitative estimate of drug-likeness (QED) is 0.325. The molecule has 0 saturated heterocycles. The van der Waals surface area contributed by atoms with E-state index in [4.69, 9.17) is 10.5 Å². The van der Waals surface area contributed by atoms with E-state index in [-0.39, 0.29) is 11.9 Å². The molecule has 0 bridgehead atoms. The van der Waals surface area contributed by atoms with Crippen LogP contribution in [0.4, 0.5) is 0 Å². The Kier molecular flexibility index (Phi) is 12.1. The zero-order valence-corrected chi connectivity index (χ0v) is 13.1. The summed E-state index contributed by atoms with van der Waals surface area (Å²) in [6.45, 7) is 6.38. The Morgan fingerprint density at radius 1 is 0.947 bits per heavy atom. The molecule has 3 nitrogen and oxygen atoms in total. The summed E-state index contributed by atoms with van der Waals surface area (Å²) in [5.41, 5.74) is 5.88. The van der Waals surface area contributed by atoms with Gasteiger partial charge in [0.05, 0.1) is 0 Å². The molecule has 114 valence electrons. The molecule has 3 heteroatoms. The van der Waals surface area contributed by atoms with Crippen molar-refractivity contribution in [3.63, 3.8) is 0 Å². The molecule has 2 N–H and O–H groups in total. The third-order valence-corrected chi connectivity index (χ3v) is 3.77. The zero-order chi connectivity index (χ0) is 14.5. The van der Waals surface area contributed by atoms with Crippen LogP contribution in [0.3, 0.4) is 0 Å². The average molecular weight is 271 g/mol. The molecule has 0 aromatic carbocycles. The summed E-state index contributed by atoms with van der Waals surface area (Å²) in [6, 6.07) is 0. The maximum atomic E-state index is 11.6. The first-order chi connectivity index (χ1) is 9.15. The standard InChI is InChI=1S/C16H33NO2/c1-4-7-8-9-10-11-12-13-15(18)19-16(17)14(5-2)6-3/h14,16H,4-13,17H2,1-3H3. The first-order valence-electron chi connectivity index (χ1n) is 8.10. The van der Waals surface area contributed by atoms with Crippen molar-refractivity contribution < 1.29 is 9.53 Å². The van der Waals surface area contributed by atoms with E-state index in [9.17, 15) is 4.79 Å². The van der Waals surface area contributed by atoms with Crippen LogP contribution in [0.5, 0.6) is 0 Å². The fourth-order valence-electron chi connectivity index (χ4n) is 2.29. The molecule has 0 aliphatic rings. The van der Waals surface area contributed by atoms with Crippen LogP contribution < -0.4 is 5.73 Å². The maximum Gasteiger partial charge on any atom is 0.307 e. The molecule has 0 aromatic heterocycles. The van der Waals surface area contributed by atoms with Crippen molar-refractivity contribution in [3.05, 3.63) is 0 Å². The number of nitrogens with two attached hydrogens (primary N) is 1. The van der Waals surface area contributed by atoms with Gasteiger partial charge in [0.2, 0.25) is 0 Å². The van der Waals surface area contributed by atoms with Crippen molar-refractivity contribution in [1.29, 1.82) is 0 Å². The second-order valence-electron chi connectivity index (χ2n) is 5.40. The number of ether oxygens (including phenoxy) is 1. The van der Waals surface area contributed by atoms with Crippen molar-refractivity contribution in [2.45, 2.75) is 91.2 Å². The Morgan fingerprint density at radius 3 is 2.00 bits per heavy atom. The minimum Gasteiger partial charge on any atom is -0.446 e. The fraction of sp³-hybridized carbons (Fsp3) is 0.938. The highest BCUT2D eigenvalue weighted by atomic mass is 16.6.